The van der Waals surface area contributed by atoms with Crippen molar-refractivity contribution in [1.82, 2.24) is 14.8 Å². The average molecular weight is 297 g/mol. The van der Waals surface area contributed by atoms with Crippen LogP contribution in [-0.4, -0.2) is 21.3 Å². The Morgan fingerprint density at radius 2 is 1.94 bits per heavy atom. The van der Waals surface area contributed by atoms with Gasteiger partial charge in [-0.1, -0.05) is 0 Å². The summed E-state index contributed by atoms with van der Waals surface area (Å²) < 4.78 is 15.3. The van der Waals surface area contributed by atoms with Gasteiger partial charge in [-0.3, -0.25) is 0 Å². The minimum absolute atomic E-state index is 0.228. The van der Waals surface area contributed by atoms with Crippen LogP contribution in [-0.2, 0) is 6.54 Å². The van der Waals surface area contributed by atoms with Gasteiger partial charge in [0.25, 0.3) is 0 Å². The quantitative estimate of drug-likeness (QED) is 0.811. The second-order valence-corrected chi connectivity index (χ2v) is 4.59. The molecule has 4 nitrogen and oxygen atoms in total. The smallest absolute Gasteiger partial charge is 0.229 e. The molecule has 0 saturated carbocycles. The predicted octanol–water partition coefficient (Wildman–Crippen LogP) is 2.72. The molecule has 0 unspecified atom stereocenters. The highest BCUT2D eigenvalue weighted by Gasteiger charge is 2.21. The second kappa shape index (κ2) is 4.10. The third-order valence-electron chi connectivity index (χ3n) is 2.76. The van der Waals surface area contributed by atoms with Crippen molar-refractivity contribution in [3.05, 3.63) is 34.8 Å². The molecule has 0 bridgehead atoms. The van der Waals surface area contributed by atoms with E-state index in [2.05, 4.69) is 26.0 Å². The van der Waals surface area contributed by atoms with Crippen molar-refractivity contribution in [3.8, 4) is 0 Å². The number of anilines is 2. The lowest BCUT2D eigenvalue weighted by atomic mass is 10.2. The fraction of sp³-hybridized carbons (Fsp3) is 0.273. The molecular weight excluding hydrogens is 287 g/mol. The number of hydrogen-bond acceptors (Lipinski definition) is 3. The van der Waals surface area contributed by atoms with Gasteiger partial charge in [0, 0.05) is 18.8 Å². The van der Waals surface area contributed by atoms with Crippen molar-refractivity contribution in [1.29, 1.82) is 0 Å². The van der Waals surface area contributed by atoms with E-state index in [1.807, 2.05) is 9.58 Å². The molecule has 88 valence electrons. The van der Waals surface area contributed by atoms with E-state index in [4.69, 9.17) is 0 Å². The van der Waals surface area contributed by atoms with Crippen molar-refractivity contribution in [2.75, 3.05) is 11.4 Å². The standard InChI is InChI=1S/C11H10BrFN4/c12-10-14-11-16(6-1-7-17(11)15-10)9-4-2-8(13)3-5-9/h2-5H,1,6-7H2. The number of halogens is 2. The molecule has 0 atom stereocenters. The van der Waals surface area contributed by atoms with Crippen LogP contribution in [0.1, 0.15) is 6.42 Å². The molecule has 17 heavy (non-hydrogen) atoms. The van der Waals surface area contributed by atoms with E-state index in [9.17, 15) is 4.39 Å². The normalized spacial score (nSPS) is 14.8. The van der Waals surface area contributed by atoms with Crippen LogP contribution in [0.15, 0.2) is 29.0 Å². The van der Waals surface area contributed by atoms with Gasteiger partial charge in [0.15, 0.2) is 0 Å². The maximum absolute atomic E-state index is 12.9. The third kappa shape index (κ3) is 1.93. The zero-order chi connectivity index (χ0) is 11.8. The molecule has 1 aliphatic heterocycles. The summed E-state index contributed by atoms with van der Waals surface area (Å²) in [5, 5.41) is 4.25. The third-order valence-corrected chi connectivity index (χ3v) is 3.09. The molecule has 0 fully saturated rings. The number of aryl methyl sites for hydroxylation is 1. The Bertz CT molecular complexity index is 537. The Labute approximate surface area is 106 Å². The van der Waals surface area contributed by atoms with Crippen LogP contribution in [0.5, 0.6) is 0 Å². The van der Waals surface area contributed by atoms with Crippen LogP contribution in [0.25, 0.3) is 0 Å². The molecule has 1 aromatic heterocycles. The molecule has 1 aliphatic rings. The first-order chi connectivity index (χ1) is 8.24. The molecule has 0 spiro atoms. The molecule has 0 N–H and O–H groups in total. The molecule has 3 rings (SSSR count). The van der Waals surface area contributed by atoms with E-state index in [-0.39, 0.29) is 5.82 Å². The van der Waals surface area contributed by atoms with E-state index in [0.29, 0.717) is 4.73 Å². The van der Waals surface area contributed by atoms with E-state index in [1.165, 1.54) is 12.1 Å². The maximum Gasteiger partial charge on any atom is 0.229 e. The van der Waals surface area contributed by atoms with Crippen LogP contribution in [0, 0.1) is 5.82 Å². The highest BCUT2D eigenvalue weighted by molar-refractivity contribution is 9.10. The summed E-state index contributed by atoms with van der Waals surface area (Å²) >= 11 is 3.27. The zero-order valence-corrected chi connectivity index (χ0v) is 10.6. The van der Waals surface area contributed by atoms with Gasteiger partial charge in [0.05, 0.1) is 0 Å². The van der Waals surface area contributed by atoms with E-state index in [1.54, 1.807) is 12.1 Å². The molecule has 0 radical (unpaired) electrons. The number of fused-ring (bicyclic) bond motifs is 1. The van der Waals surface area contributed by atoms with Gasteiger partial charge >= 0.3 is 0 Å². The van der Waals surface area contributed by atoms with Crippen molar-refractivity contribution >= 4 is 27.6 Å². The molecule has 0 saturated heterocycles. The Morgan fingerprint density at radius 1 is 1.18 bits per heavy atom. The lowest BCUT2D eigenvalue weighted by Crippen LogP contribution is -2.28. The van der Waals surface area contributed by atoms with Crippen molar-refractivity contribution in [2.24, 2.45) is 0 Å². The fourth-order valence-corrected chi connectivity index (χ4v) is 2.35. The molecule has 2 aromatic rings. The highest BCUT2D eigenvalue weighted by atomic mass is 79.9. The minimum Gasteiger partial charge on any atom is -0.311 e. The largest absolute Gasteiger partial charge is 0.311 e. The Kier molecular flexibility index (Phi) is 2.58. The Hall–Kier alpha value is -1.43. The van der Waals surface area contributed by atoms with Gasteiger partial charge in [0.1, 0.15) is 5.82 Å². The van der Waals surface area contributed by atoms with Crippen molar-refractivity contribution < 1.29 is 4.39 Å². The molecule has 1 aromatic carbocycles. The Balaban J connectivity index is 2.02. The highest BCUT2D eigenvalue weighted by Crippen LogP contribution is 2.28. The van der Waals surface area contributed by atoms with E-state index < -0.39 is 0 Å². The summed E-state index contributed by atoms with van der Waals surface area (Å²) in [7, 11) is 0. The van der Waals surface area contributed by atoms with E-state index >= 15 is 0 Å². The number of rotatable bonds is 1. The average Bonchev–Trinajstić information content (AvgIpc) is 2.70. The number of benzene rings is 1. The lowest BCUT2D eigenvalue weighted by molar-refractivity contribution is 0.537. The number of hydrogen-bond donors (Lipinski definition) is 0. The summed E-state index contributed by atoms with van der Waals surface area (Å²) in [6.45, 7) is 1.74. The number of aromatic nitrogens is 3. The topological polar surface area (TPSA) is 34.0 Å². The SMILES string of the molecule is Fc1ccc(N2CCCn3nc(Br)nc32)cc1. The van der Waals surface area contributed by atoms with E-state index in [0.717, 1.165) is 31.1 Å². The summed E-state index contributed by atoms with van der Waals surface area (Å²) in [6.07, 6.45) is 1.00. The summed E-state index contributed by atoms with van der Waals surface area (Å²) in [5.74, 6) is 0.572. The van der Waals surface area contributed by atoms with Crippen LogP contribution >= 0.6 is 15.9 Å². The minimum atomic E-state index is -0.228. The van der Waals surface area contributed by atoms with Gasteiger partial charge in [0.2, 0.25) is 10.7 Å². The first-order valence-corrected chi connectivity index (χ1v) is 6.17. The molecule has 2 heterocycles. The Morgan fingerprint density at radius 3 is 2.71 bits per heavy atom. The van der Waals surface area contributed by atoms with Gasteiger partial charge in [-0.25, -0.2) is 9.07 Å². The summed E-state index contributed by atoms with van der Waals surface area (Å²) in [5.41, 5.74) is 0.937. The van der Waals surface area contributed by atoms with Gasteiger partial charge in [-0.15, -0.1) is 5.10 Å². The van der Waals surface area contributed by atoms with Crippen LogP contribution in [0.3, 0.4) is 0 Å². The first kappa shape index (κ1) is 10.7. The molecular formula is C11H10BrFN4. The van der Waals surface area contributed by atoms with Crippen LogP contribution in [0.4, 0.5) is 16.0 Å². The van der Waals surface area contributed by atoms with Gasteiger partial charge in [-0.2, -0.15) is 4.98 Å². The molecule has 0 amide bonds. The maximum atomic E-state index is 12.9. The predicted molar refractivity (Wildman–Crippen MR) is 65.7 cm³/mol. The first-order valence-electron chi connectivity index (χ1n) is 5.37. The van der Waals surface area contributed by atoms with Crippen LogP contribution < -0.4 is 4.90 Å². The van der Waals surface area contributed by atoms with Gasteiger partial charge < -0.3 is 4.90 Å². The lowest BCUT2D eigenvalue weighted by Gasteiger charge is -2.27. The van der Waals surface area contributed by atoms with Crippen molar-refractivity contribution in [2.45, 2.75) is 13.0 Å². The fourth-order valence-electron chi connectivity index (χ4n) is 2.00. The molecule has 6 heteroatoms. The molecule has 0 aliphatic carbocycles. The summed E-state index contributed by atoms with van der Waals surface area (Å²) in [4.78, 5) is 6.37. The zero-order valence-electron chi connectivity index (χ0n) is 8.98. The van der Waals surface area contributed by atoms with Crippen molar-refractivity contribution in [3.63, 3.8) is 0 Å². The van der Waals surface area contributed by atoms with Gasteiger partial charge in [-0.05, 0) is 46.6 Å². The van der Waals surface area contributed by atoms with Crippen LogP contribution in [0.2, 0.25) is 0 Å². The number of nitrogens with zero attached hydrogens (tertiary/aromatic N) is 4. The second-order valence-electron chi connectivity index (χ2n) is 3.89. The summed E-state index contributed by atoms with van der Waals surface area (Å²) in [6, 6.07) is 6.43. The monoisotopic (exact) mass is 296 g/mol.